The van der Waals surface area contributed by atoms with Gasteiger partial charge in [-0.2, -0.15) is 0 Å². The normalized spacial score (nSPS) is 22.8. The van der Waals surface area contributed by atoms with Gasteiger partial charge in [0.15, 0.2) is 0 Å². The minimum Gasteiger partial charge on any atom is -0.481 e. The summed E-state index contributed by atoms with van der Waals surface area (Å²) in [5, 5.41) is 12.3. The molecule has 0 saturated heterocycles. The maximum Gasteiger partial charge on any atom is 0.252 e. The molecule has 0 radical (unpaired) electrons. The molecule has 0 aromatic carbocycles. The fourth-order valence-electron chi connectivity index (χ4n) is 2.32. The van der Waals surface area contributed by atoms with Gasteiger partial charge in [-0.15, -0.1) is 0 Å². The summed E-state index contributed by atoms with van der Waals surface area (Å²) in [6, 6.07) is 3.37. The predicted octanol–water partition coefficient (Wildman–Crippen LogP) is 1.37. The first-order chi connectivity index (χ1) is 9.19. The highest BCUT2D eigenvalue weighted by molar-refractivity contribution is 5.93. The lowest BCUT2D eigenvalue weighted by atomic mass is 9.87. The van der Waals surface area contributed by atoms with E-state index >= 15 is 0 Å². The fourth-order valence-corrected chi connectivity index (χ4v) is 2.32. The Balaban J connectivity index is 1.80. The molecule has 2 rings (SSSR count). The summed E-state index contributed by atoms with van der Waals surface area (Å²) in [6.45, 7) is 0.664. The van der Waals surface area contributed by atoms with Gasteiger partial charge >= 0.3 is 0 Å². The predicted molar refractivity (Wildman–Crippen MR) is 71.1 cm³/mol. The standard InChI is InChI=1S/C14H20N2O3/c1-19-13-7-4-11(9-15-13)14(18)16-8-10-2-5-12(17)6-3-10/h4,7,9-10,12,17H,2-3,5-6,8H2,1H3,(H,16,18). The zero-order valence-corrected chi connectivity index (χ0v) is 11.1. The molecule has 1 aromatic rings. The maximum absolute atomic E-state index is 11.9. The molecule has 0 atom stereocenters. The molecule has 5 nitrogen and oxygen atoms in total. The van der Waals surface area contributed by atoms with Crippen molar-refractivity contribution in [2.24, 2.45) is 5.92 Å². The molecule has 19 heavy (non-hydrogen) atoms. The minimum absolute atomic E-state index is 0.110. The van der Waals surface area contributed by atoms with Crippen molar-refractivity contribution >= 4 is 5.91 Å². The highest BCUT2D eigenvalue weighted by Crippen LogP contribution is 2.23. The van der Waals surface area contributed by atoms with Crippen LogP contribution in [0.4, 0.5) is 0 Å². The molecular weight excluding hydrogens is 244 g/mol. The van der Waals surface area contributed by atoms with Gasteiger partial charge in [0.25, 0.3) is 5.91 Å². The number of carbonyl (C=O) groups is 1. The Bertz CT molecular complexity index is 411. The van der Waals surface area contributed by atoms with Gasteiger partial charge in [0.05, 0.1) is 18.8 Å². The number of aliphatic hydroxyl groups excluding tert-OH is 1. The number of nitrogens with one attached hydrogen (secondary N) is 1. The first kappa shape index (κ1) is 13.8. The number of rotatable bonds is 4. The van der Waals surface area contributed by atoms with Crippen LogP contribution in [0.2, 0.25) is 0 Å². The van der Waals surface area contributed by atoms with Crippen LogP contribution in [-0.2, 0) is 0 Å². The number of amides is 1. The number of carbonyl (C=O) groups excluding carboxylic acids is 1. The third kappa shape index (κ3) is 3.92. The zero-order chi connectivity index (χ0) is 13.7. The van der Waals surface area contributed by atoms with E-state index in [-0.39, 0.29) is 12.0 Å². The van der Waals surface area contributed by atoms with E-state index in [1.807, 2.05) is 0 Å². The Kier molecular flexibility index (Phi) is 4.74. The van der Waals surface area contributed by atoms with Crippen LogP contribution in [0.5, 0.6) is 5.88 Å². The summed E-state index contributed by atoms with van der Waals surface area (Å²) < 4.78 is 4.95. The van der Waals surface area contributed by atoms with Crippen molar-refractivity contribution in [1.82, 2.24) is 10.3 Å². The van der Waals surface area contributed by atoms with E-state index < -0.39 is 0 Å². The van der Waals surface area contributed by atoms with E-state index in [0.29, 0.717) is 23.9 Å². The van der Waals surface area contributed by atoms with Gasteiger partial charge in [-0.05, 0) is 37.7 Å². The van der Waals surface area contributed by atoms with E-state index in [1.54, 1.807) is 19.2 Å². The van der Waals surface area contributed by atoms with Crippen molar-refractivity contribution in [3.05, 3.63) is 23.9 Å². The van der Waals surface area contributed by atoms with Crippen LogP contribution in [0.25, 0.3) is 0 Å². The van der Waals surface area contributed by atoms with Gasteiger partial charge in [-0.1, -0.05) is 0 Å². The summed E-state index contributed by atoms with van der Waals surface area (Å²) >= 11 is 0. The zero-order valence-electron chi connectivity index (χ0n) is 11.1. The van der Waals surface area contributed by atoms with Gasteiger partial charge in [-0.3, -0.25) is 4.79 Å². The van der Waals surface area contributed by atoms with Gasteiger partial charge < -0.3 is 15.2 Å². The lowest BCUT2D eigenvalue weighted by molar-refractivity contribution is 0.0910. The summed E-state index contributed by atoms with van der Waals surface area (Å²) in [4.78, 5) is 15.9. The SMILES string of the molecule is COc1ccc(C(=O)NCC2CCC(O)CC2)cn1. The van der Waals surface area contributed by atoms with Crippen molar-refractivity contribution in [1.29, 1.82) is 0 Å². The molecule has 0 bridgehead atoms. The van der Waals surface area contributed by atoms with Crippen LogP contribution < -0.4 is 10.1 Å². The maximum atomic E-state index is 11.9. The molecular formula is C14H20N2O3. The van der Waals surface area contributed by atoms with Crippen molar-refractivity contribution in [2.45, 2.75) is 31.8 Å². The number of aromatic nitrogens is 1. The van der Waals surface area contributed by atoms with Crippen LogP contribution in [0.1, 0.15) is 36.0 Å². The molecule has 104 valence electrons. The Morgan fingerprint density at radius 3 is 2.74 bits per heavy atom. The molecule has 1 aromatic heterocycles. The summed E-state index contributed by atoms with van der Waals surface area (Å²) in [7, 11) is 1.54. The molecule has 1 heterocycles. The molecule has 1 amide bonds. The minimum atomic E-state index is -0.155. The number of methoxy groups -OCH3 is 1. The number of ether oxygens (including phenoxy) is 1. The third-order valence-electron chi connectivity index (χ3n) is 3.58. The second kappa shape index (κ2) is 6.52. The lowest BCUT2D eigenvalue weighted by Gasteiger charge is -2.25. The molecule has 0 aliphatic heterocycles. The van der Waals surface area contributed by atoms with E-state index in [0.717, 1.165) is 25.7 Å². The quantitative estimate of drug-likeness (QED) is 0.861. The average Bonchev–Trinajstić information content (AvgIpc) is 2.46. The Hall–Kier alpha value is -1.62. The number of nitrogens with zero attached hydrogens (tertiary/aromatic N) is 1. The molecule has 1 fully saturated rings. The monoisotopic (exact) mass is 264 g/mol. The summed E-state index contributed by atoms with van der Waals surface area (Å²) in [5.74, 6) is 0.859. The van der Waals surface area contributed by atoms with Crippen LogP contribution >= 0.6 is 0 Å². The fraction of sp³-hybridized carbons (Fsp3) is 0.571. The third-order valence-corrected chi connectivity index (χ3v) is 3.58. The lowest BCUT2D eigenvalue weighted by Crippen LogP contribution is -2.32. The largest absolute Gasteiger partial charge is 0.481 e. The highest BCUT2D eigenvalue weighted by atomic mass is 16.5. The smallest absolute Gasteiger partial charge is 0.252 e. The van der Waals surface area contributed by atoms with Crippen molar-refractivity contribution in [3.8, 4) is 5.88 Å². The Labute approximate surface area is 113 Å². The second-order valence-corrected chi connectivity index (χ2v) is 4.97. The van der Waals surface area contributed by atoms with E-state index in [9.17, 15) is 9.90 Å². The number of aliphatic hydroxyl groups is 1. The van der Waals surface area contributed by atoms with Gasteiger partial charge in [0, 0.05) is 18.8 Å². The molecule has 1 aliphatic rings. The topological polar surface area (TPSA) is 71.5 Å². The van der Waals surface area contributed by atoms with E-state index in [4.69, 9.17) is 4.74 Å². The first-order valence-electron chi connectivity index (χ1n) is 6.65. The van der Waals surface area contributed by atoms with Crippen molar-refractivity contribution in [2.75, 3.05) is 13.7 Å². The molecule has 0 spiro atoms. The van der Waals surface area contributed by atoms with Crippen LogP contribution in [-0.4, -0.2) is 35.8 Å². The molecule has 5 heteroatoms. The second-order valence-electron chi connectivity index (χ2n) is 4.97. The van der Waals surface area contributed by atoms with E-state index in [2.05, 4.69) is 10.3 Å². The van der Waals surface area contributed by atoms with Crippen LogP contribution in [0, 0.1) is 5.92 Å². The van der Waals surface area contributed by atoms with Gasteiger partial charge in [0.2, 0.25) is 5.88 Å². The van der Waals surface area contributed by atoms with E-state index in [1.165, 1.54) is 6.20 Å². The van der Waals surface area contributed by atoms with Crippen molar-refractivity contribution in [3.63, 3.8) is 0 Å². The number of hydrogen-bond acceptors (Lipinski definition) is 4. The van der Waals surface area contributed by atoms with Crippen LogP contribution in [0.3, 0.4) is 0 Å². The molecule has 0 unspecified atom stereocenters. The van der Waals surface area contributed by atoms with Crippen LogP contribution in [0.15, 0.2) is 18.3 Å². The van der Waals surface area contributed by atoms with Gasteiger partial charge in [-0.25, -0.2) is 4.98 Å². The van der Waals surface area contributed by atoms with Crippen molar-refractivity contribution < 1.29 is 14.6 Å². The molecule has 1 aliphatic carbocycles. The Morgan fingerprint density at radius 1 is 1.42 bits per heavy atom. The first-order valence-corrected chi connectivity index (χ1v) is 6.65. The molecule has 1 saturated carbocycles. The Morgan fingerprint density at radius 2 is 2.16 bits per heavy atom. The number of pyridine rings is 1. The van der Waals surface area contributed by atoms with Gasteiger partial charge in [0.1, 0.15) is 0 Å². The summed E-state index contributed by atoms with van der Waals surface area (Å²) in [5.41, 5.74) is 0.539. The molecule has 2 N–H and O–H groups in total. The summed E-state index contributed by atoms with van der Waals surface area (Å²) in [6.07, 6.45) is 4.98. The number of hydrogen-bond donors (Lipinski definition) is 2. The average molecular weight is 264 g/mol. The highest BCUT2D eigenvalue weighted by Gasteiger charge is 2.19.